The van der Waals surface area contributed by atoms with E-state index in [-0.39, 0.29) is 0 Å². The Morgan fingerprint density at radius 2 is 1.95 bits per heavy atom. The SMILES string of the molecule is CCc1ccc(C(=O)OC2C=CC(F)(C#N)C=C2)cc1. The highest BCUT2D eigenvalue weighted by Crippen LogP contribution is 2.21. The van der Waals surface area contributed by atoms with Crippen molar-refractivity contribution in [2.45, 2.75) is 25.1 Å². The van der Waals surface area contributed by atoms with Crippen molar-refractivity contribution in [3.63, 3.8) is 0 Å². The van der Waals surface area contributed by atoms with Crippen LogP contribution in [0.15, 0.2) is 48.6 Å². The molecule has 0 amide bonds. The summed E-state index contributed by atoms with van der Waals surface area (Å²) in [6, 6.07) is 8.65. The van der Waals surface area contributed by atoms with Gasteiger partial charge in [0.1, 0.15) is 12.2 Å². The minimum absolute atomic E-state index is 0.446. The van der Waals surface area contributed by atoms with Crippen molar-refractivity contribution in [1.82, 2.24) is 0 Å². The molecule has 0 unspecified atom stereocenters. The Kier molecular flexibility index (Phi) is 3.99. The minimum atomic E-state index is -2.11. The van der Waals surface area contributed by atoms with Crippen molar-refractivity contribution >= 4 is 5.97 Å². The van der Waals surface area contributed by atoms with Crippen molar-refractivity contribution in [1.29, 1.82) is 5.26 Å². The molecule has 0 aliphatic heterocycles. The number of hydrogen-bond donors (Lipinski definition) is 0. The molecule has 20 heavy (non-hydrogen) atoms. The van der Waals surface area contributed by atoms with Gasteiger partial charge in [-0.1, -0.05) is 19.1 Å². The first-order valence-electron chi connectivity index (χ1n) is 6.35. The quantitative estimate of drug-likeness (QED) is 0.627. The summed E-state index contributed by atoms with van der Waals surface area (Å²) in [6.45, 7) is 2.03. The molecule has 0 bridgehead atoms. The summed E-state index contributed by atoms with van der Waals surface area (Å²) in [6.07, 6.45) is 5.15. The van der Waals surface area contributed by atoms with E-state index in [0.717, 1.165) is 24.1 Å². The number of esters is 1. The van der Waals surface area contributed by atoms with Crippen LogP contribution < -0.4 is 0 Å². The highest BCUT2D eigenvalue weighted by Gasteiger charge is 2.26. The van der Waals surface area contributed by atoms with E-state index in [1.165, 1.54) is 18.2 Å². The van der Waals surface area contributed by atoms with Gasteiger partial charge in [-0.15, -0.1) is 0 Å². The Morgan fingerprint density at radius 3 is 2.45 bits per heavy atom. The second-order valence-electron chi connectivity index (χ2n) is 4.52. The summed E-state index contributed by atoms with van der Waals surface area (Å²) in [5.41, 5.74) is -0.525. The third-order valence-corrected chi connectivity index (χ3v) is 3.07. The largest absolute Gasteiger partial charge is 0.450 e. The van der Waals surface area contributed by atoms with Gasteiger partial charge in [-0.2, -0.15) is 5.26 Å². The zero-order chi connectivity index (χ0) is 14.6. The van der Waals surface area contributed by atoms with E-state index < -0.39 is 17.7 Å². The number of alkyl halides is 1. The van der Waals surface area contributed by atoms with Crippen molar-refractivity contribution < 1.29 is 13.9 Å². The molecule has 0 saturated heterocycles. The van der Waals surface area contributed by atoms with E-state index in [1.807, 2.05) is 19.1 Å². The number of benzene rings is 1. The van der Waals surface area contributed by atoms with Crippen molar-refractivity contribution in [3.05, 3.63) is 59.7 Å². The summed E-state index contributed by atoms with van der Waals surface area (Å²) in [7, 11) is 0. The number of hydrogen-bond acceptors (Lipinski definition) is 3. The lowest BCUT2D eigenvalue weighted by Gasteiger charge is -2.17. The van der Waals surface area contributed by atoms with Crippen molar-refractivity contribution in [2.24, 2.45) is 0 Å². The van der Waals surface area contributed by atoms with Crippen molar-refractivity contribution in [2.75, 3.05) is 0 Å². The smallest absolute Gasteiger partial charge is 0.339 e. The van der Waals surface area contributed by atoms with Gasteiger partial charge in [0.25, 0.3) is 0 Å². The molecule has 0 saturated carbocycles. The highest BCUT2D eigenvalue weighted by molar-refractivity contribution is 5.89. The second-order valence-corrected chi connectivity index (χ2v) is 4.52. The summed E-state index contributed by atoms with van der Waals surface area (Å²) in [4.78, 5) is 11.9. The van der Waals surface area contributed by atoms with E-state index in [9.17, 15) is 9.18 Å². The van der Waals surface area contributed by atoms with Crippen LogP contribution in [-0.4, -0.2) is 17.7 Å². The van der Waals surface area contributed by atoms with Crippen LogP contribution in [0.4, 0.5) is 4.39 Å². The lowest BCUT2D eigenvalue weighted by Crippen LogP contribution is -2.22. The molecule has 1 aliphatic rings. The zero-order valence-electron chi connectivity index (χ0n) is 11.0. The molecule has 0 fully saturated rings. The number of ether oxygens (including phenoxy) is 1. The predicted octanol–water partition coefficient (Wildman–Crippen LogP) is 3.13. The van der Waals surface area contributed by atoms with Crippen LogP contribution >= 0.6 is 0 Å². The van der Waals surface area contributed by atoms with Crippen LogP contribution in [0.5, 0.6) is 0 Å². The molecular formula is C16H14FNO2. The fraction of sp³-hybridized carbons (Fsp3) is 0.250. The average molecular weight is 271 g/mol. The van der Waals surface area contributed by atoms with Gasteiger partial charge in [0.05, 0.1) is 5.56 Å². The van der Waals surface area contributed by atoms with E-state index in [4.69, 9.17) is 10.00 Å². The van der Waals surface area contributed by atoms with Crippen molar-refractivity contribution in [3.8, 4) is 6.07 Å². The molecular weight excluding hydrogens is 257 g/mol. The number of nitriles is 1. The van der Waals surface area contributed by atoms with Crippen LogP contribution in [-0.2, 0) is 11.2 Å². The highest BCUT2D eigenvalue weighted by atomic mass is 19.1. The molecule has 0 atom stereocenters. The summed E-state index contributed by atoms with van der Waals surface area (Å²) in [5, 5.41) is 8.61. The van der Waals surface area contributed by atoms with E-state index >= 15 is 0 Å². The summed E-state index contributed by atoms with van der Waals surface area (Å²) in [5.74, 6) is -0.477. The molecule has 102 valence electrons. The molecule has 0 spiro atoms. The molecule has 1 aromatic rings. The third kappa shape index (κ3) is 3.12. The monoisotopic (exact) mass is 271 g/mol. The number of carbonyl (C=O) groups is 1. The Bertz CT molecular complexity index is 582. The lowest BCUT2D eigenvalue weighted by atomic mass is 10.0. The summed E-state index contributed by atoms with van der Waals surface area (Å²) >= 11 is 0. The van der Waals surface area contributed by atoms with Crippen LogP contribution in [0.25, 0.3) is 0 Å². The van der Waals surface area contributed by atoms with Gasteiger partial charge >= 0.3 is 5.97 Å². The summed E-state index contributed by atoms with van der Waals surface area (Å²) < 4.78 is 18.7. The first-order chi connectivity index (χ1) is 9.56. The van der Waals surface area contributed by atoms with E-state index in [2.05, 4.69) is 0 Å². The maximum atomic E-state index is 13.5. The maximum Gasteiger partial charge on any atom is 0.339 e. The molecule has 4 heteroatoms. The molecule has 2 rings (SSSR count). The fourth-order valence-corrected chi connectivity index (χ4v) is 1.81. The minimum Gasteiger partial charge on any atom is -0.450 e. The van der Waals surface area contributed by atoms with E-state index in [1.54, 1.807) is 12.1 Å². The van der Waals surface area contributed by atoms with Gasteiger partial charge in [-0.3, -0.25) is 0 Å². The molecule has 0 N–H and O–H groups in total. The molecule has 0 radical (unpaired) electrons. The number of halogens is 1. The topological polar surface area (TPSA) is 50.1 Å². The fourth-order valence-electron chi connectivity index (χ4n) is 1.81. The number of nitrogens with zero attached hydrogens (tertiary/aromatic N) is 1. The number of allylic oxidation sites excluding steroid dienone is 2. The molecule has 3 nitrogen and oxygen atoms in total. The second kappa shape index (κ2) is 5.70. The molecule has 0 heterocycles. The standard InChI is InChI=1S/C16H14FNO2/c1-2-12-3-5-13(6-4-12)15(19)20-14-7-9-16(17,11-18)10-8-14/h3-10,14H,2H2,1H3. The lowest BCUT2D eigenvalue weighted by molar-refractivity contribution is 0.0458. The first-order valence-corrected chi connectivity index (χ1v) is 6.35. The van der Waals surface area contributed by atoms with Gasteiger partial charge in [-0.25, -0.2) is 9.18 Å². The zero-order valence-corrected chi connectivity index (χ0v) is 11.0. The predicted molar refractivity (Wildman–Crippen MR) is 72.8 cm³/mol. The van der Waals surface area contributed by atoms with Gasteiger partial charge in [-0.05, 0) is 48.4 Å². The van der Waals surface area contributed by atoms with Gasteiger partial charge < -0.3 is 4.74 Å². The Morgan fingerprint density at radius 1 is 1.35 bits per heavy atom. The van der Waals surface area contributed by atoms with Crippen LogP contribution in [0.3, 0.4) is 0 Å². The van der Waals surface area contributed by atoms with Crippen LogP contribution in [0.1, 0.15) is 22.8 Å². The van der Waals surface area contributed by atoms with Gasteiger partial charge in [0.15, 0.2) is 0 Å². The Labute approximate surface area is 117 Å². The first kappa shape index (κ1) is 14.0. The van der Waals surface area contributed by atoms with E-state index in [0.29, 0.717) is 5.56 Å². The van der Waals surface area contributed by atoms with Crippen LogP contribution in [0.2, 0.25) is 0 Å². The normalized spacial score (nSPS) is 24.1. The number of rotatable bonds is 3. The molecule has 0 aromatic heterocycles. The Balaban J connectivity index is 2.01. The molecule has 1 aliphatic carbocycles. The Hall–Kier alpha value is -2.41. The number of carbonyl (C=O) groups excluding carboxylic acids is 1. The average Bonchev–Trinajstić information content (AvgIpc) is 2.50. The van der Waals surface area contributed by atoms with Crippen LogP contribution in [0, 0.1) is 11.3 Å². The number of aryl methyl sites for hydroxylation is 1. The van der Waals surface area contributed by atoms with Gasteiger partial charge in [0, 0.05) is 0 Å². The maximum absolute atomic E-state index is 13.5. The van der Waals surface area contributed by atoms with Gasteiger partial charge in [0.2, 0.25) is 5.67 Å². The third-order valence-electron chi connectivity index (χ3n) is 3.07. The molecule has 1 aromatic carbocycles.